The number of rotatable bonds is 9. The van der Waals surface area contributed by atoms with Gasteiger partial charge in [-0.05, 0) is 44.6 Å². The summed E-state index contributed by atoms with van der Waals surface area (Å²) in [5, 5.41) is 0. The second-order valence-corrected chi connectivity index (χ2v) is 10.3. The molecule has 112 valence electrons. The molecule has 20 heavy (non-hydrogen) atoms. The number of para-hydroxylation sites is 1. The smallest absolute Gasteiger partial charge is 0.292 e. The fraction of sp³-hybridized carbons (Fsp3) is 0.562. The Bertz CT molecular complexity index is 384. The molecule has 0 fully saturated rings. The summed E-state index contributed by atoms with van der Waals surface area (Å²) in [5.41, 5.74) is 0. The van der Waals surface area contributed by atoms with Crippen molar-refractivity contribution >= 4 is 14.3 Å². The number of hydrogen-bond acceptors (Lipinski definition) is 3. The average molecular weight is 294 g/mol. The standard InChI is InChI=1S/C16H26O3Si/c1-20(2,3)19-16(17)13-9-4-5-10-14-18-15-11-7-6-8-12-15/h6-8,11-12H,4-5,9-10,13-14H2,1-3H3. The highest BCUT2D eigenvalue weighted by Crippen LogP contribution is 2.11. The summed E-state index contributed by atoms with van der Waals surface area (Å²) in [6.07, 6.45) is 4.63. The minimum Gasteiger partial charge on any atom is -0.520 e. The van der Waals surface area contributed by atoms with Gasteiger partial charge in [-0.15, -0.1) is 0 Å². The van der Waals surface area contributed by atoms with Crippen molar-refractivity contribution in [3.05, 3.63) is 30.3 Å². The molecule has 0 aliphatic carbocycles. The number of hydrogen-bond donors (Lipinski definition) is 0. The van der Waals surface area contributed by atoms with Gasteiger partial charge in [0.25, 0.3) is 5.97 Å². The molecule has 3 nitrogen and oxygen atoms in total. The Balaban J connectivity index is 1.96. The Morgan fingerprint density at radius 3 is 2.30 bits per heavy atom. The van der Waals surface area contributed by atoms with Gasteiger partial charge in [-0.25, -0.2) is 0 Å². The third-order valence-corrected chi connectivity index (χ3v) is 3.55. The molecule has 0 radical (unpaired) electrons. The topological polar surface area (TPSA) is 35.5 Å². The Morgan fingerprint density at radius 1 is 1.00 bits per heavy atom. The second-order valence-electron chi connectivity index (χ2n) is 5.91. The molecule has 1 rings (SSSR count). The Labute approximate surface area is 123 Å². The van der Waals surface area contributed by atoms with Crippen LogP contribution in [0.1, 0.15) is 32.1 Å². The number of carbonyl (C=O) groups is 1. The summed E-state index contributed by atoms with van der Waals surface area (Å²) in [5.74, 6) is 0.885. The maximum absolute atomic E-state index is 11.5. The highest BCUT2D eigenvalue weighted by Gasteiger charge is 2.19. The van der Waals surface area contributed by atoms with Gasteiger partial charge in [-0.1, -0.05) is 31.0 Å². The summed E-state index contributed by atoms with van der Waals surface area (Å²) >= 11 is 0. The quantitative estimate of drug-likeness (QED) is 0.500. The lowest BCUT2D eigenvalue weighted by molar-refractivity contribution is -0.135. The molecule has 0 heterocycles. The molecular formula is C16H26O3Si. The Kier molecular flexibility index (Phi) is 7.37. The highest BCUT2D eigenvalue weighted by molar-refractivity contribution is 6.71. The summed E-state index contributed by atoms with van der Waals surface area (Å²) in [7, 11) is -1.71. The van der Waals surface area contributed by atoms with Gasteiger partial charge in [-0.2, -0.15) is 0 Å². The van der Waals surface area contributed by atoms with Crippen molar-refractivity contribution in [1.82, 2.24) is 0 Å². The molecule has 0 spiro atoms. The maximum atomic E-state index is 11.5. The van der Waals surface area contributed by atoms with Crippen LogP contribution in [-0.4, -0.2) is 20.9 Å². The van der Waals surface area contributed by atoms with E-state index in [1.54, 1.807) is 0 Å². The van der Waals surface area contributed by atoms with Crippen molar-refractivity contribution in [3.8, 4) is 5.75 Å². The van der Waals surface area contributed by atoms with E-state index in [0.29, 0.717) is 6.42 Å². The van der Waals surface area contributed by atoms with Gasteiger partial charge in [0, 0.05) is 6.42 Å². The predicted molar refractivity (Wildman–Crippen MR) is 84.5 cm³/mol. The molecule has 0 aliphatic rings. The van der Waals surface area contributed by atoms with E-state index in [9.17, 15) is 4.79 Å². The van der Waals surface area contributed by atoms with Crippen LogP contribution < -0.4 is 4.74 Å². The van der Waals surface area contributed by atoms with Gasteiger partial charge in [0.2, 0.25) is 8.32 Å². The van der Waals surface area contributed by atoms with Crippen LogP contribution in [-0.2, 0) is 9.22 Å². The minimum atomic E-state index is -1.71. The van der Waals surface area contributed by atoms with Crippen LogP contribution in [0.15, 0.2) is 30.3 Å². The summed E-state index contributed by atoms with van der Waals surface area (Å²) in [6, 6.07) is 9.85. The van der Waals surface area contributed by atoms with Crippen LogP contribution in [0.5, 0.6) is 5.75 Å². The largest absolute Gasteiger partial charge is 0.520 e. The lowest BCUT2D eigenvalue weighted by Crippen LogP contribution is -2.28. The maximum Gasteiger partial charge on any atom is 0.292 e. The Morgan fingerprint density at radius 2 is 1.65 bits per heavy atom. The highest BCUT2D eigenvalue weighted by atomic mass is 28.4. The van der Waals surface area contributed by atoms with Gasteiger partial charge >= 0.3 is 0 Å². The SMILES string of the molecule is C[Si](C)(C)OC(=O)CCCCCCOc1ccccc1. The van der Waals surface area contributed by atoms with E-state index in [1.807, 2.05) is 50.0 Å². The van der Waals surface area contributed by atoms with Crippen molar-refractivity contribution in [1.29, 1.82) is 0 Å². The zero-order chi connectivity index (χ0) is 14.8. The molecule has 0 saturated carbocycles. The van der Waals surface area contributed by atoms with Crippen molar-refractivity contribution in [2.24, 2.45) is 0 Å². The van der Waals surface area contributed by atoms with Crippen LogP contribution >= 0.6 is 0 Å². The lowest BCUT2D eigenvalue weighted by Gasteiger charge is -2.17. The zero-order valence-electron chi connectivity index (χ0n) is 12.9. The van der Waals surface area contributed by atoms with Crippen molar-refractivity contribution in [2.45, 2.75) is 51.7 Å². The predicted octanol–water partition coefficient (Wildman–Crippen LogP) is 4.39. The van der Waals surface area contributed by atoms with Gasteiger partial charge in [0.1, 0.15) is 5.75 Å². The molecule has 0 aromatic heterocycles. The minimum absolute atomic E-state index is 0.0373. The molecular weight excluding hydrogens is 268 g/mol. The molecule has 0 saturated heterocycles. The zero-order valence-corrected chi connectivity index (χ0v) is 13.9. The van der Waals surface area contributed by atoms with E-state index in [2.05, 4.69) is 0 Å². The molecule has 0 aliphatic heterocycles. The van der Waals surface area contributed by atoms with Crippen molar-refractivity contribution < 1.29 is 14.0 Å². The van der Waals surface area contributed by atoms with Gasteiger partial charge in [-0.3, -0.25) is 4.79 Å². The van der Waals surface area contributed by atoms with E-state index in [1.165, 1.54) is 0 Å². The first-order valence-corrected chi connectivity index (χ1v) is 10.8. The number of carbonyl (C=O) groups excluding carboxylic acids is 1. The van der Waals surface area contributed by atoms with Crippen LogP contribution in [0.4, 0.5) is 0 Å². The number of unbranched alkanes of at least 4 members (excludes halogenated alkanes) is 3. The second kappa shape index (κ2) is 8.79. The van der Waals surface area contributed by atoms with Crippen molar-refractivity contribution in [2.75, 3.05) is 6.61 Å². The molecule has 4 heteroatoms. The van der Waals surface area contributed by atoms with Crippen LogP contribution in [0, 0.1) is 0 Å². The van der Waals surface area contributed by atoms with E-state index in [-0.39, 0.29) is 5.97 Å². The molecule has 0 unspecified atom stereocenters. The van der Waals surface area contributed by atoms with Gasteiger partial charge in [0.05, 0.1) is 6.61 Å². The van der Waals surface area contributed by atoms with Gasteiger partial charge in [0.15, 0.2) is 0 Å². The first-order chi connectivity index (χ1) is 9.47. The first-order valence-electron chi connectivity index (χ1n) is 7.37. The molecule has 0 amide bonds. The molecule has 1 aromatic rings. The summed E-state index contributed by atoms with van der Waals surface area (Å²) in [6.45, 7) is 6.84. The monoisotopic (exact) mass is 294 g/mol. The van der Waals surface area contributed by atoms with Gasteiger partial charge < -0.3 is 9.16 Å². The Hall–Kier alpha value is -1.29. The normalized spacial score (nSPS) is 11.2. The average Bonchev–Trinajstić information content (AvgIpc) is 2.37. The van der Waals surface area contributed by atoms with E-state index < -0.39 is 8.32 Å². The fourth-order valence-electron chi connectivity index (χ4n) is 1.82. The summed E-state index contributed by atoms with van der Waals surface area (Å²) in [4.78, 5) is 11.5. The van der Waals surface area contributed by atoms with Crippen LogP contribution in [0.3, 0.4) is 0 Å². The number of benzene rings is 1. The third-order valence-electron chi connectivity index (χ3n) is 2.71. The van der Waals surface area contributed by atoms with E-state index in [0.717, 1.165) is 38.0 Å². The van der Waals surface area contributed by atoms with E-state index in [4.69, 9.17) is 9.16 Å². The number of ether oxygens (including phenoxy) is 1. The molecule has 0 N–H and O–H groups in total. The summed E-state index contributed by atoms with van der Waals surface area (Å²) < 4.78 is 11.0. The molecule has 0 atom stereocenters. The van der Waals surface area contributed by atoms with E-state index >= 15 is 0 Å². The fourth-order valence-corrected chi connectivity index (χ4v) is 2.61. The molecule has 0 bridgehead atoms. The van der Waals surface area contributed by atoms with Crippen LogP contribution in [0.2, 0.25) is 19.6 Å². The third kappa shape index (κ3) is 8.75. The van der Waals surface area contributed by atoms with Crippen molar-refractivity contribution in [3.63, 3.8) is 0 Å². The lowest BCUT2D eigenvalue weighted by atomic mass is 10.1. The first kappa shape index (κ1) is 16.8. The molecule has 1 aromatic carbocycles. The van der Waals surface area contributed by atoms with Crippen LogP contribution in [0.25, 0.3) is 0 Å².